The second kappa shape index (κ2) is 6.90. The highest BCUT2D eigenvalue weighted by molar-refractivity contribution is 5.84. The Balaban J connectivity index is 2.06. The van der Waals surface area contributed by atoms with Crippen molar-refractivity contribution in [3.63, 3.8) is 0 Å². The maximum Gasteiger partial charge on any atom is 0.241 e. The standard InChI is InChI=1S/C16H30N2O2/c1-5-6-7-14-16(19)18(15(17-14)11(2)3)12-8-9-13(10-12)20-4/h11-15,17H,5-10H2,1-4H3. The lowest BCUT2D eigenvalue weighted by Crippen LogP contribution is -2.46. The molecule has 4 atom stereocenters. The molecule has 4 nitrogen and oxygen atoms in total. The van der Waals surface area contributed by atoms with Crippen LogP contribution in [0.2, 0.25) is 0 Å². The summed E-state index contributed by atoms with van der Waals surface area (Å²) in [5.41, 5.74) is 0. The molecular formula is C16H30N2O2. The molecule has 0 aromatic heterocycles. The number of hydrogen-bond donors (Lipinski definition) is 1. The first kappa shape index (κ1) is 15.8. The smallest absolute Gasteiger partial charge is 0.241 e. The Bertz CT molecular complexity index is 332. The predicted octanol–water partition coefficient (Wildman–Crippen LogP) is 2.53. The highest BCUT2D eigenvalue weighted by Crippen LogP contribution is 2.32. The Kier molecular flexibility index (Phi) is 5.44. The summed E-state index contributed by atoms with van der Waals surface area (Å²) >= 11 is 0. The first-order valence-electron chi connectivity index (χ1n) is 8.19. The van der Waals surface area contributed by atoms with E-state index in [1.807, 2.05) is 0 Å². The van der Waals surface area contributed by atoms with Crippen molar-refractivity contribution < 1.29 is 9.53 Å². The van der Waals surface area contributed by atoms with E-state index in [1.54, 1.807) is 7.11 Å². The highest BCUT2D eigenvalue weighted by Gasteiger charge is 2.45. The first-order chi connectivity index (χ1) is 9.58. The van der Waals surface area contributed by atoms with Crippen molar-refractivity contribution in [3.8, 4) is 0 Å². The van der Waals surface area contributed by atoms with Gasteiger partial charge in [0.1, 0.15) is 0 Å². The van der Waals surface area contributed by atoms with Crippen molar-refractivity contribution in [2.45, 2.75) is 83.6 Å². The minimum absolute atomic E-state index is 0.0314. The third-order valence-electron chi connectivity index (χ3n) is 4.79. The lowest BCUT2D eigenvalue weighted by molar-refractivity contribution is -0.133. The van der Waals surface area contributed by atoms with Crippen LogP contribution in [0.3, 0.4) is 0 Å². The molecule has 1 N–H and O–H groups in total. The second-order valence-corrected chi connectivity index (χ2v) is 6.62. The van der Waals surface area contributed by atoms with Gasteiger partial charge in [0.15, 0.2) is 0 Å². The fraction of sp³-hybridized carbons (Fsp3) is 0.938. The van der Waals surface area contributed by atoms with E-state index in [9.17, 15) is 4.79 Å². The molecule has 0 radical (unpaired) electrons. The van der Waals surface area contributed by atoms with E-state index in [1.165, 1.54) is 0 Å². The van der Waals surface area contributed by atoms with E-state index in [4.69, 9.17) is 4.74 Å². The first-order valence-corrected chi connectivity index (χ1v) is 8.19. The number of carbonyl (C=O) groups is 1. The van der Waals surface area contributed by atoms with Gasteiger partial charge in [0.2, 0.25) is 5.91 Å². The zero-order chi connectivity index (χ0) is 14.7. The van der Waals surface area contributed by atoms with E-state index < -0.39 is 0 Å². The van der Waals surface area contributed by atoms with Crippen molar-refractivity contribution in [3.05, 3.63) is 0 Å². The predicted molar refractivity (Wildman–Crippen MR) is 80.4 cm³/mol. The van der Waals surface area contributed by atoms with Crippen LogP contribution < -0.4 is 5.32 Å². The van der Waals surface area contributed by atoms with Crippen molar-refractivity contribution in [1.29, 1.82) is 0 Å². The zero-order valence-electron chi connectivity index (χ0n) is 13.4. The number of rotatable bonds is 6. The summed E-state index contributed by atoms with van der Waals surface area (Å²) in [6.45, 7) is 6.57. The minimum Gasteiger partial charge on any atom is -0.381 e. The maximum atomic E-state index is 12.7. The monoisotopic (exact) mass is 282 g/mol. The number of nitrogens with zero attached hydrogens (tertiary/aromatic N) is 1. The van der Waals surface area contributed by atoms with Gasteiger partial charge in [-0.2, -0.15) is 0 Å². The zero-order valence-corrected chi connectivity index (χ0v) is 13.4. The molecule has 1 heterocycles. The number of ether oxygens (including phenoxy) is 1. The summed E-state index contributed by atoms with van der Waals surface area (Å²) in [7, 11) is 1.78. The Morgan fingerprint density at radius 2 is 2.15 bits per heavy atom. The number of methoxy groups -OCH3 is 1. The van der Waals surface area contributed by atoms with Crippen molar-refractivity contribution in [1.82, 2.24) is 10.2 Å². The summed E-state index contributed by atoms with van der Waals surface area (Å²) in [6.07, 6.45) is 6.91. The molecule has 1 saturated carbocycles. The largest absolute Gasteiger partial charge is 0.381 e. The van der Waals surface area contributed by atoms with E-state index >= 15 is 0 Å². The van der Waals surface area contributed by atoms with Crippen LogP contribution in [-0.2, 0) is 9.53 Å². The summed E-state index contributed by atoms with van der Waals surface area (Å²) in [6, 6.07) is 0.392. The van der Waals surface area contributed by atoms with Gasteiger partial charge in [0, 0.05) is 13.2 Å². The van der Waals surface area contributed by atoms with Crippen LogP contribution >= 0.6 is 0 Å². The van der Waals surface area contributed by atoms with Gasteiger partial charge >= 0.3 is 0 Å². The molecule has 1 aliphatic carbocycles. The van der Waals surface area contributed by atoms with Gasteiger partial charge in [-0.05, 0) is 31.6 Å². The van der Waals surface area contributed by atoms with Crippen molar-refractivity contribution in [2.75, 3.05) is 7.11 Å². The van der Waals surface area contributed by atoms with E-state index in [0.29, 0.717) is 24.0 Å². The molecule has 0 aromatic carbocycles. The fourth-order valence-electron chi connectivity index (χ4n) is 3.59. The molecule has 116 valence electrons. The topological polar surface area (TPSA) is 41.6 Å². The summed E-state index contributed by atoms with van der Waals surface area (Å²) in [4.78, 5) is 14.9. The molecule has 4 heteroatoms. The normalized spacial score (nSPS) is 34.5. The summed E-state index contributed by atoms with van der Waals surface area (Å²) in [5.74, 6) is 0.770. The average molecular weight is 282 g/mol. The van der Waals surface area contributed by atoms with Gasteiger partial charge in [-0.15, -0.1) is 0 Å². The van der Waals surface area contributed by atoms with Crippen LogP contribution in [0.15, 0.2) is 0 Å². The molecule has 1 saturated heterocycles. The van der Waals surface area contributed by atoms with Gasteiger partial charge in [-0.3, -0.25) is 10.1 Å². The Morgan fingerprint density at radius 1 is 1.40 bits per heavy atom. The SMILES string of the molecule is CCCCC1NC(C(C)C)N(C2CCC(OC)C2)C1=O. The summed E-state index contributed by atoms with van der Waals surface area (Å²) < 4.78 is 5.47. The summed E-state index contributed by atoms with van der Waals surface area (Å²) in [5, 5.41) is 3.57. The van der Waals surface area contributed by atoms with Gasteiger partial charge < -0.3 is 9.64 Å². The number of unbranched alkanes of at least 4 members (excludes halogenated alkanes) is 1. The molecule has 0 bridgehead atoms. The van der Waals surface area contributed by atoms with E-state index in [0.717, 1.165) is 38.5 Å². The Labute approximate surface area is 123 Å². The van der Waals surface area contributed by atoms with Crippen molar-refractivity contribution in [2.24, 2.45) is 5.92 Å². The number of carbonyl (C=O) groups excluding carboxylic acids is 1. The molecule has 4 unspecified atom stereocenters. The van der Waals surface area contributed by atoms with Crippen LogP contribution in [0.4, 0.5) is 0 Å². The van der Waals surface area contributed by atoms with Gasteiger partial charge in [0.25, 0.3) is 0 Å². The number of nitrogens with one attached hydrogen (secondary N) is 1. The third kappa shape index (κ3) is 3.17. The van der Waals surface area contributed by atoms with Crippen LogP contribution in [0.1, 0.15) is 59.3 Å². The molecule has 2 aliphatic rings. The molecule has 2 fully saturated rings. The van der Waals surface area contributed by atoms with Crippen LogP contribution in [0.25, 0.3) is 0 Å². The second-order valence-electron chi connectivity index (χ2n) is 6.62. The van der Waals surface area contributed by atoms with Crippen molar-refractivity contribution >= 4 is 5.91 Å². The van der Waals surface area contributed by atoms with E-state index in [2.05, 4.69) is 31.0 Å². The lowest BCUT2D eigenvalue weighted by atomic mass is 10.1. The quantitative estimate of drug-likeness (QED) is 0.814. The molecule has 1 aliphatic heterocycles. The molecular weight excluding hydrogens is 252 g/mol. The third-order valence-corrected chi connectivity index (χ3v) is 4.79. The minimum atomic E-state index is 0.0314. The van der Waals surface area contributed by atoms with E-state index in [-0.39, 0.29) is 12.2 Å². The van der Waals surface area contributed by atoms with Crippen LogP contribution in [0.5, 0.6) is 0 Å². The highest BCUT2D eigenvalue weighted by atomic mass is 16.5. The Hall–Kier alpha value is -0.610. The molecule has 0 spiro atoms. The fourth-order valence-corrected chi connectivity index (χ4v) is 3.59. The number of amides is 1. The van der Waals surface area contributed by atoms with Crippen LogP contribution in [-0.4, -0.2) is 42.3 Å². The van der Waals surface area contributed by atoms with Gasteiger partial charge in [0.05, 0.1) is 18.3 Å². The van der Waals surface area contributed by atoms with Gasteiger partial charge in [-0.25, -0.2) is 0 Å². The number of hydrogen-bond acceptors (Lipinski definition) is 3. The molecule has 0 aromatic rings. The van der Waals surface area contributed by atoms with Gasteiger partial charge in [-0.1, -0.05) is 33.6 Å². The average Bonchev–Trinajstić information content (AvgIpc) is 3.00. The van der Waals surface area contributed by atoms with Crippen LogP contribution in [0, 0.1) is 5.92 Å². The molecule has 2 rings (SSSR count). The molecule has 20 heavy (non-hydrogen) atoms. The molecule has 1 amide bonds. The Morgan fingerprint density at radius 3 is 2.70 bits per heavy atom. The lowest BCUT2D eigenvalue weighted by Gasteiger charge is -2.32. The maximum absolute atomic E-state index is 12.7.